The van der Waals surface area contributed by atoms with E-state index in [1.54, 1.807) is 12.1 Å². The van der Waals surface area contributed by atoms with E-state index in [1.807, 2.05) is 35.6 Å². The molecule has 4 atom stereocenters. The zero-order valence-electron chi connectivity index (χ0n) is 26.1. The quantitative estimate of drug-likeness (QED) is 0.0999. The Balaban J connectivity index is 1.67. The third-order valence-electron chi connectivity index (χ3n) is 8.72. The molecule has 1 saturated heterocycles. The summed E-state index contributed by atoms with van der Waals surface area (Å²) in [7, 11) is 2.78. The van der Waals surface area contributed by atoms with E-state index >= 15 is 0 Å². The number of aromatic hydroxyl groups is 1. The van der Waals surface area contributed by atoms with Crippen molar-refractivity contribution < 1.29 is 60.7 Å². The van der Waals surface area contributed by atoms with E-state index in [0.29, 0.717) is 39.0 Å². The number of aliphatic hydroxyl groups is 2. The van der Waals surface area contributed by atoms with Gasteiger partial charge in [-0.25, -0.2) is 4.90 Å². The van der Waals surface area contributed by atoms with Gasteiger partial charge in [0.25, 0.3) is 0 Å². The van der Waals surface area contributed by atoms with Crippen LogP contribution in [0.4, 0.5) is 32.0 Å². The van der Waals surface area contributed by atoms with Crippen LogP contribution in [0.15, 0.2) is 47.1 Å². The minimum absolute atomic E-state index is 0.000616. The summed E-state index contributed by atoms with van der Waals surface area (Å²) in [6.07, 6.45) is -8.85. The molecule has 0 radical (unpaired) electrons. The molecule has 15 heteroatoms. The first-order valence-corrected chi connectivity index (χ1v) is 16.0. The Bertz CT molecular complexity index is 1590. The Morgan fingerprint density at radius 3 is 2.19 bits per heavy atom. The summed E-state index contributed by atoms with van der Waals surface area (Å²) in [5.41, 5.74) is -1.94. The normalized spacial score (nSPS) is 21.2. The van der Waals surface area contributed by atoms with E-state index in [9.17, 15) is 51.3 Å². The second-order valence-corrected chi connectivity index (χ2v) is 12.8. The Morgan fingerprint density at radius 1 is 1.04 bits per heavy atom. The fourth-order valence-corrected chi connectivity index (χ4v) is 7.11. The second-order valence-electron chi connectivity index (χ2n) is 11.7. The summed E-state index contributed by atoms with van der Waals surface area (Å²) >= 11 is 1.97. The molecule has 8 nitrogen and oxygen atoms in total. The van der Waals surface area contributed by atoms with Crippen molar-refractivity contribution in [2.45, 2.75) is 51.1 Å². The van der Waals surface area contributed by atoms with E-state index in [-0.39, 0.29) is 42.6 Å². The molecule has 0 aromatic heterocycles. The van der Waals surface area contributed by atoms with Gasteiger partial charge in [-0.3, -0.25) is 9.59 Å². The Labute approximate surface area is 286 Å². The van der Waals surface area contributed by atoms with Gasteiger partial charge in [0.2, 0.25) is 11.8 Å². The number of carbonyl (C=O) groups is 2. The van der Waals surface area contributed by atoms with Crippen molar-refractivity contribution in [2.24, 2.45) is 17.8 Å². The standard InChI is InChI=1S/C33H34F6INO7/c1-4-16(7-17-8-24(40)29(44)26(9-17)48-3)5-6-25(43)27-18(15-47-2)10-22-28(23(27)14-42)31(46)41(30(22)45)21-12-19(32(34,35)36)11-20(13-21)33(37,38)39/h7-9,11-13,22-23,25,28,42-44H,4-6,10,14-15H2,1-3H3/b16-7+/t22-,23+,25-,28-/m1/s1. The van der Waals surface area contributed by atoms with E-state index in [4.69, 9.17) is 9.47 Å². The van der Waals surface area contributed by atoms with Gasteiger partial charge in [-0.15, -0.1) is 0 Å². The molecular formula is C33H34F6INO7. The van der Waals surface area contributed by atoms with Crippen LogP contribution in [0, 0.1) is 21.3 Å². The van der Waals surface area contributed by atoms with Crippen molar-refractivity contribution in [1.29, 1.82) is 0 Å². The number of amides is 2. The number of phenols is 1. The molecule has 1 fully saturated rings. The van der Waals surface area contributed by atoms with Crippen LogP contribution in [0.5, 0.6) is 11.5 Å². The molecule has 1 aliphatic carbocycles. The second kappa shape index (κ2) is 14.8. The highest BCUT2D eigenvalue weighted by molar-refractivity contribution is 14.1. The number of allylic oxidation sites excluding steroid dienone is 1. The maximum Gasteiger partial charge on any atom is 0.416 e. The van der Waals surface area contributed by atoms with E-state index in [2.05, 4.69) is 0 Å². The number of imide groups is 1. The first-order valence-electron chi connectivity index (χ1n) is 14.9. The van der Waals surface area contributed by atoms with Crippen molar-refractivity contribution >= 4 is 46.2 Å². The number of aliphatic hydroxyl groups excluding tert-OH is 2. The van der Waals surface area contributed by atoms with Gasteiger partial charge >= 0.3 is 12.4 Å². The van der Waals surface area contributed by atoms with Gasteiger partial charge in [0, 0.05) is 13.0 Å². The molecule has 4 rings (SSSR count). The number of alkyl halides is 6. The first-order chi connectivity index (χ1) is 22.5. The maximum atomic E-state index is 13.8. The number of phenolic OH excluding ortho intramolecular Hbond substituents is 1. The lowest BCUT2D eigenvalue weighted by atomic mass is 9.68. The first kappa shape index (κ1) is 37.7. The average molecular weight is 798 g/mol. The van der Waals surface area contributed by atoms with Crippen LogP contribution in [0.3, 0.4) is 0 Å². The van der Waals surface area contributed by atoms with Crippen LogP contribution in [-0.4, -0.2) is 60.7 Å². The van der Waals surface area contributed by atoms with Gasteiger partial charge in [0.15, 0.2) is 11.5 Å². The Kier molecular flexibility index (Phi) is 11.6. The number of ether oxygens (including phenoxy) is 2. The Hall–Kier alpha value is -3.15. The summed E-state index contributed by atoms with van der Waals surface area (Å²) in [6.45, 7) is 1.08. The zero-order valence-corrected chi connectivity index (χ0v) is 28.2. The molecule has 0 unspecified atom stereocenters. The van der Waals surface area contributed by atoms with E-state index in [0.717, 1.165) is 11.1 Å². The molecule has 48 heavy (non-hydrogen) atoms. The minimum atomic E-state index is -5.20. The molecule has 1 aliphatic heterocycles. The molecule has 2 amide bonds. The van der Waals surface area contributed by atoms with Gasteiger partial charge in [0.1, 0.15) is 0 Å². The predicted octanol–water partition coefficient (Wildman–Crippen LogP) is 6.74. The van der Waals surface area contributed by atoms with Crippen LogP contribution >= 0.6 is 22.6 Å². The van der Waals surface area contributed by atoms with Gasteiger partial charge < -0.3 is 24.8 Å². The molecule has 2 aliphatic rings. The van der Waals surface area contributed by atoms with Crippen molar-refractivity contribution in [3.05, 3.63) is 67.3 Å². The number of carbonyl (C=O) groups excluding carboxylic acids is 2. The molecule has 0 saturated carbocycles. The highest BCUT2D eigenvalue weighted by atomic mass is 127. The number of anilines is 1. The summed E-state index contributed by atoms with van der Waals surface area (Å²) in [5.74, 6) is -5.50. The number of methoxy groups -OCH3 is 2. The molecule has 262 valence electrons. The fourth-order valence-electron chi connectivity index (χ4n) is 6.49. The van der Waals surface area contributed by atoms with Gasteiger partial charge in [0.05, 0.1) is 58.6 Å². The number of fused-ring (bicyclic) bond motifs is 1. The van der Waals surface area contributed by atoms with E-state index in [1.165, 1.54) is 14.2 Å². The van der Waals surface area contributed by atoms with Crippen LogP contribution in [0.1, 0.15) is 49.3 Å². The SMILES string of the molecule is CC/C(=C\c1cc(I)c(O)c(OC)c1)CC[C@@H](O)C1=C(COC)C[C@H]2C(=O)N(c3cc(C(F)(F)F)cc(C(F)(F)F)c3)C(=O)[C@H]2[C@H]1CO. The molecule has 2 aromatic carbocycles. The number of benzene rings is 2. The van der Waals surface area contributed by atoms with Crippen molar-refractivity contribution in [3.63, 3.8) is 0 Å². The topological polar surface area (TPSA) is 117 Å². The molecule has 1 heterocycles. The van der Waals surface area contributed by atoms with Crippen LogP contribution in [-0.2, 0) is 26.7 Å². The number of halogens is 7. The van der Waals surface area contributed by atoms with Crippen LogP contribution < -0.4 is 9.64 Å². The zero-order chi connectivity index (χ0) is 35.7. The van der Waals surface area contributed by atoms with Gasteiger partial charge in [-0.2, -0.15) is 26.3 Å². The molecular weight excluding hydrogens is 763 g/mol. The lowest BCUT2D eigenvalue weighted by Crippen LogP contribution is -2.39. The predicted molar refractivity (Wildman–Crippen MR) is 171 cm³/mol. The van der Waals surface area contributed by atoms with Gasteiger partial charge in [-0.1, -0.05) is 18.6 Å². The lowest BCUT2D eigenvalue weighted by molar-refractivity contribution is -0.143. The molecule has 0 spiro atoms. The maximum absolute atomic E-state index is 13.8. The highest BCUT2D eigenvalue weighted by Gasteiger charge is 2.55. The number of hydrogen-bond acceptors (Lipinski definition) is 7. The Morgan fingerprint density at radius 2 is 1.67 bits per heavy atom. The number of rotatable bonds is 11. The molecule has 0 bridgehead atoms. The summed E-state index contributed by atoms with van der Waals surface area (Å²) in [5, 5.41) is 32.2. The largest absolute Gasteiger partial charge is 0.504 e. The summed E-state index contributed by atoms with van der Waals surface area (Å²) in [6, 6.07) is 3.95. The van der Waals surface area contributed by atoms with E-state index < -0.39 is 71.4 Å². The number of hydrogen-bond donors (Lipinski definition) is 3. The molecule has 2 aromatic rings. The third-order valence-corrected chi connectivity index (χ3v) is 9.55. The van der Waals surface area contributed by atoms with Crippen molar-refractivity contribution in [2.75, 3.05) is 32.3 Å². The van der Waals surface area contributed by atoms with Crippen molar-refractivity contribution in [3.8, 4) is 11.5 Å². The van der Waals surface area contributed by atoms with Crippen LogP contribution in [0.2, 0.25) is 0 Å². The fraction of sp³-hybridized carbons (Fsp3) is 0.455. The molecule has 3 N–H and O–H groups in total. The summed E-state index contributed by atoms with van der Waals surface area (Å²) < 4.78 is 92.6. The third kappa shape index (κ3) is 7.68. The number of nitrogens with zero attached hydrogens (tertiary/aromatic N) is 1. The van der Waals surface area contributed by atoms with Gasteiger partial charge in [-0.05, 0) is 95.3 Å². The van der Waals surface area contributed by atoms with Crippen LogP contribution in [0.25, 0.3) is 6.08 Å². The van der Waals surface area contributed by atoms with Crippen molar-refractivity contribution in [1.82, 2.24) is 0 Å². The minimum Gasteiger partial charge on any atom is -0.504 e. The average Bonchev–Trinajstić information content (AvgIpc) is 3.27. The lowest BCUT2D eigenvalue weighted by Gasteiger charge is -2.36. The highest BCUT2D eigenvalue weighted by Crippen LogP contribution is 2.48. The monoisotopic (exact) mass is 797 g/mol. The summed E-state index contributed by atoms with van der Waals surface area (Å²) in [4.78, 5) is 27.7. The smallest absolute Gasteiger partial charge is 0.416 e.